The molecule has 0 bridgehead atoms. The minimum Gasteiger partial charge on any atom is -0.504 e. The Morgan fingerprint density at radius 2 is 1.87 bits per heavy atom. The number of hydrogen-bond donors (Lipinski definition) is 3. The monoisotopic (exact) mass is 318 g/mol. The van der Waals surface area contributed by atoms with Crippen LogP contribution >= 0.6 is 0 Å². The van der Waals surface area contributed by atoms with Crippen LogP contribution in [0, 0.1) is 5.82 Å². The molecular formula is C17H19FN2O3. The number of phenols is 2. The lowest BCUT2D eigenvalue weighted by Crippen LogP contribution is -2.28. The van der Waals surface area contributed by atoms with Gasteiger partial charge in [-0.2, -0.15) is 0 Å². The Morgan fingerprint density at radius 1 is 1.17 bits per heavy atom. The van der Waals surface area contributed by atoms with E-state index in [0.717, 1.165) is 17.8 Å². The van der Waals surface area contributed by atoms with Crippen LogP contribution in [0.3, 0.4) is 0 Å². The summed E-state index contributed by atoms with van der Waals surface area (Å²) in [5.41, 5.74) is 0.525. The van der Waals surface area contributed by atoms with Gasteiger partial charge in [0.25, 0.3) is 5.91 Å². The summed E-state index contributed by atoms with van der Waals surface area (Å²) >= 11 is 0. The van der Waals surface area contributed by atoms with Crippen molar-refractivity contribution in [2.45, 2.75) is 6.42 Å². The molecule has 0 radical (unpaired) electrons. The molecule has 0 saturated heterocycles. The Hall–Kier alpha value is -2.76. The zero-order valence-electron chi connectivity index (χ0n) is 12.8. The van der Waals surface area contributed by atoms with Crippen molar-refractivity contribution < 1.29 is 19.4 Å². The van der Waals surface area contributed by atoms with Crippen LogP contribution in [0.25, 0.3) is 0 Å². The summed E-state index contributed by atoms with van der Waals surface area (Å²) in [6.07, 6.45) is 0.651. The highest BCUT2D eigenvalue weighted by Gasteiger charge is 2.19. The minimum atomic E-state index is -0.876. The van der Waals surface area contributed by atoms with Crippen molar-refractivity contribution in [2.24, 2.45) is 0 Å². The second-order valence-corrected chi connectivity index (χ2v) is 5.16. The standard InChI is InChI=1S/C17H19FN2O3/c1-20(12-6-3-2-4-7-12)11-5-10-19-17(23)15-13(18)8-9-14(21)16(15)22/h2-4,6-9,21-22H,5,10-11H2,1H3,(H,19,23). The average Bonchev–Trinajstić information content (AvgIpc) is 2.56. The van der Waals surface area contributed by atoms with Crippen molar-refractivity contribution in [1.82, 2.24) is 5.32 Å². The third kappa shape index (κ3) is 4.12. The number of nitrogens with zero attached hydrogens (tertiary/aromatic N) is 1. The zero-order valence-corrected chi connectivity index (χ0v) is 12.8. The Bertz CT molecular complexity index is 677. The highest BCUT2D eigenvalue weighted by atomic mass is 19.1. The van der Waals surface area contributed by atoms with Crippen molar-refractivity contribution in [3.8, 4) is 11.5 Å². The van der Waals surface area contributed by atoms with Crippen molar-refractivity contribution in [1.29, 1.82) is 0 Å². The summed E-state index contributed by atoms with van der Waals surface area (Å²) in [5, 5.41) is 21.5. The first kappa shape index (κ1) is 16.6. The molecule has 0 atom stereocenters. The van der Waals surface area contributed by atoms with Crippen LogP contribution in [0.1, 0.15) is 16.8 Å². The Morgan fingerprint density at radius 3 is 2.57 bits per heavy atom. The maximum absolute atomic E-state index is 13.6. The number of para-hydroxylation sites is 1. The lowest BCUT2D eigenvalue weighted by molar-refractivity contribution is 0.0945. The quantitative estimate of drug-likeness (QED) is 0.565. The number of carbonyl (C=O) groups excluding carboxylic acids is 1. The molecule has 2 aromatic rings. The van der Waals surface area contributed by atoms with E-state index in [-0.39, 0.29) is 0 Å². The van der Waals surface area contributed by atoms with E-state index in [0.29, 0.717) is 19.5 Å². The second-order valence-electron chi connectivity index (χ2n) is 5.16. The van der Waals surface area contributed by atoms with Crippen LogP contribution in [0.2, 0.25) is 0 Å². The molecule has 122 valence electrons. The zero-order chi connectivity index (χ0) is 16.8. The fourth-order valence-electron chi connectivity index (χ4n) is 2.19. The number of anilines is 1. The molecular weight excluding hydrogens is 299 g/mol. The summed E-state index contributed by atoms with van der Waals surface area (Å²) in [6, 6.07) is 11.7. The van der Waals surface area contributed by atoms with Gasteiger partial charge >= 0.3 is 0 Å². The first-order chi connectivity index (χ1) is 11.0. The molecule has 0 fully saturated rings. The van der Waals surface area contributed by atoms with Crippen molar-refractivity contribution in [2.75, 3.05) is 25.0 Å². The molecule has 0 aromatic heterocycles. The van der Waals surface area contributed by atoms with Crippen molar-refractivity contribution >= 4 is 11.6 Å². The third-order valence-corrected chi connectivity index (χ3v) is 3.49. The van der Waals surface area contributed by atoms with Gasteiger partial charge in [-0.1, -0.05) is 18.2 Å². The average molecular weight is 318 g/mol. The molecule has 23 heavy (non-hydrogen) atoms. The Kier molecular flexibility index (Phi) is 5.41. The van der Waals surface area contributed by atoms with E-state index >= 15 is 0 Å². The Labute approximate surface area is 134 Å². The van der Waals surface area contributed by atoms with E-state index in [9.17, 15) is 19.4 Å². The van der Waals surface area contributed by atoms with Gasteiger partial charge in [0, 0.05) is 25.8 Å². The second kappa shape index (κ2) is 7.49. The third-order valence-electron chi connectivity index (χ3n) is 3.49. The largest absolute Gasteiger partial charge is 0.504 e. The maximum atomic E-state index is 13.6. The number of amides is 1. The van der Waals surface area contributed by atoms with Crippen LogP contribution in [0.15, 0.2) is 42.5 Å². The summed E-state index contributed by atoms with van der Waals surface area (Å²) in [6.45, 7) is 1.03. The van der Waals surface area contributed by atoms with Gasteiger partial charge in [0.15, 0.2) is 11.5 Å². The molecule has 0 spiro atoms. The smallest absolute Gasteiger partial charge is 0.258 e. The molecule has 6 heteroatoms. The fourth-order valence-corrected chi connectivity index (χ4v) is 2.19. The topological polar surface area (TPSA) is 72.8 Å². The summed E-state index contributed by atoms with van der Waals surface area (Å²) < 4.78 is 13.6. The van der Waals surface area contributed by atoms with E-state index in [1.807, 2.05) is 42.3 Å². The Balaban J connectivity index is 1.85. The summed E-state index contributed by atoms with van der Waals surface area (Å²) in [7, 11) is 1.94. The molecule has 0 aliphatic heterocycles. The number of halogens is 1. The minimum absolute atomic E-state index is 0.324. The predicted octanol–water partition coefficient (Wildman–Crippen LogP) is 2.49. The van der Waals surface area contributed by atoms with Crippen LogP contribution in [-0.2, 0) is 0 Å². The normalized spacial score (nSPS) is 10.3. The molecule has 2 rings (SSSR count). The van der Waals surface area contributed by atoms with Gasteiger partial charge < -0.3 is 20.4 Å². The van der Waals surface area contributed by atoms with E-state index < -0.39 is 28.8 Å². The first-order valence-corrected chi connectivity index (χ1v) is 7.25. The lowest BCUT2D eigenvalue weighted by atomic mass is 10.1. The molecule has 0 saturated carbocycles. The fraction of sp³-hybridized carbons (Fsp3) is 0.235. The van der Waals surface area contributed by atoms with Crippen LogP contribution in [-0.4, -0.2) is 36.3 Å². The molecule has 1 amide bonds. The number of aromatic hydroxyl groups is 2. The van der Waals surface area contributed by atoms with Crippen LogP contribution < -0.4 is 10.2 Å². The van der Waals surface area contributed by atoms with Crippen LogP contribution in [0.5, 0.6) is 11.5 Å². The summed E-state index contributed by atoms with van der Waals surface area (Å²) in [5.74, 6) is -2.90. The van der Waals surface area contributed by atoms with E-state index in [2.05, 4.69) is 5.32 Å². The van der Waals surface area contributed by atoms with Crippen molar-refractivity contribution in [3.63, 3.8) is 0 Å². The van der Waals surface area contributed by atoms with E-state index in [1.165, 1.54) is 0 Å². The number of nitrogens with one attached hydrogen (secondary N) is 1. The highest BCUT2D eigenvalue weighted by molar-refractivity contribution is 5.97. The SMILES string of the molecule is CN(CCCNC(=O)c1c(F)ccc(O)c1O)c1ccccc1. The van der Waals surface area contributed by atoms with Gasteiger partial charge in [-0.15, -0.1) is 0 Å². The number of rotatable bonds is 6. The lowest BCUT2D eigenvalue weighted by Gasteiger charge is -2.19. The number of carbonyl (C=O) groups is 1. The molecule has 0 aliphatic carbocycles. The van der Waals surface area contributed by atoms with Gasteiger partial charge in [-0.05, 0) is 30.7 Å². The molecule has 5 nitrogen and oxygen atoms in total. The maximum Gasteiger partial charge on any atom is 0.258 e. The van der Waals surface area contributed by atoms with Gasteiger partial charge in [0.1, 0.15) is 11.4 Å². The number of phenolic OH excluding ortho intramolecular Hbond substituents is 2. The molecule has 3 N–H and O–H groups in total. The van der Waals surface area contributed by atoms with E-state index in [4.69, 9.17) is 0 Å². The first-order valence-electron chi connectivity index (χ1n) is 7.25. The van der Waals surface area contributed by atoms with Crippen LogP contribution in [0.4, 0.5) is 10.1 Å². The number of benzene rings is 2. The van der Waals surface area contributed by atoms with Crippen molar-refractivity contribution in [3.05, 3.63) is 53.8 Å². The number of hydrogen-bond acceptors (Lipinski definition) is 4. The predicted molar refractivity (Wildman–Crippen MR) is 86.4 cm³/mol. The van der Waals surface area contributed by atoms with E-state index in [1.54, 1.807) is 0 Å². The molecule has 0 unspecified atom stereocenters. The summed E-state index contributed by atoms with van der Waals surface area (Å²) in [4.78, 5) is 14.0. The van der Waals surface area contributed by atoms with Gasteiger partial charge in [0.2, 0.25) is 0 Å². The van der Waals surface area contributed by atoms with Gasteiger partial charge in [-0.25, -0.2) is 4.39 Å². The van der Waals surface area contributed by atoms with Gasteiger partial charge in [-0.3, -0.25) is 4.79 Å². The highest BCUT2D eigenvalue weighted by Crippen LogP contribution is 2.30. The molecule has 0 aliphatic rings. The van der Waals surface area contributed by atoms with Gasteiger partial charge in [0.05, 0.1) is 0 Å². The molecule has 0 heterocycles. The molecule has 2 aromatic carbocycles.